The third-order valence-corrected chi connectivity index (χ3v) is 19.9. The molecule has 0 nitrogen and oxygen atoms in total. The lowest BCUT2D eigenvalue weighted by atomic mass is 9.92. The van der Waals surface area contributed by atoms with Crippen molar-refractivity contribution in [2.45, 2.75) is 102 Å². The number of hydrogen-bond donors (Lipinski definition) is 0. The van der Waals surface area contributed by atoms with E-state index in [0.717, 1.165) is 11.5 Å². The van der Waals surface area contributed by atoms with Crippen molar-refractivity contribution in [3.63, 3.8) is 0 Å². The maximum atomic E-state index is 2.51. The number of unbranched alkanes of at least 4 members (excludes halogenated alkanes) is 10. The zero-order valence-electron chi connectivity index (χ0n) is 39.3. The fourth-order valence-electron chi connectivity index (χ4n) is 9.32. The first kappa shape index (κ1) is 48.3. The van der Waals surface area contributed by atoms with E-state index in [4.69, 9.17) is 0 Å². The molecular formula is C62H68P2S2. The standard InChI is InChI=1S/C62H68P2S2/c1-3-5-7-9-11-25-43-65-47-49-35-39-57-51(45-49)37-41-59(63(53-27-17-13-18-28-53)54-29-19-14-20-30-54)61(57)62-58-40-36-50(48-66-44-26-12-10-8-6-4-2)46-52(58)38-42-60(62)64(55-31-21-15-22-32-55)56-33-23-16-24-34-56/h13-24,27-42,45-46H,3-12,25-26,43-44,47-48H2,1-2H3. The van der Waals surface area contributed by atoms with Gasteiger partial charge in [-0.25, -0.2) is 0 Å². The van der Waals surface area contributed by atoms with E-state index < -0.39 is 15.8 Å². The van der Waals surface area contributed by atoms with Gasteiger partial charge in [0.2, 0.25) is 0 Å². The van der Waals surface area contributed by atoms with Crippen molar-refractivity contribution >= 4 is 92.7 Å². The number of hydrogen-bond acceptors (Lipinski definition) is 2. The van der Waals surface area contributed by atoms with Gasteiger partial charge in [0.15, 0.2) is 0 Å². The highest BCUT2D eigenvalue weighted by atomic mass is 32.2. The number of fused-ring (bicyclic) bond motifs is 2. The molecule has 0 bridgehead atoms. The van der Waals surface area contributed by atoms with Gasteiger partial charge in [-0.3, -0.25) is 0 Å². The third kappa shape index (κ3) is 12.7. The van der Waals surface area contributed by atoms with E-state index in [0.29, 0.717) is 0 Å². The Labute approximate surface area is 408 Å². The summed E-state index contributed by atoms with van der Waals surface area (Å²) in [5.41, 5.74) is 5.62. The van der Waals surface area contributed by atoms with Crippen LogP contribution in [-0.2, 0) is 11.5 Å². The van der Waals surface area contributed by atoms with Crippen LogP contribution in [0, 0.1) is 0 Å². The van der Waals surface area contributed by atoms with Gasteiger partial charge in [0.05, 0.1) is 0 Å². The van der Waals surface area contributed by atoms with Crippen LogP contribution in [0.25, 0.3) is 32.7 Å². The van der Waals surface area contributed by atoms with Crippen LogP contribution in [0.3, 0.4) is 0 Å². The lowest BCUT2D eigenvalue weighted by Crippen LogP contribution is -2.26. The lowest BCUT2D eigenvalue weighted by Gasteiger charge is -2.28. The van der Waals surface area contributed by atoms with Crippen LogP contribution < -0.4 is 31.8 Å². The quantitative estimate of drug-likeness (QED) is 0.0414. The predicted molar refractivity (Wildman–Crippen MR) is 303 cm³/mol. The highest BCUT2D eigenvalue weighted by Gasteiger charge is 2.28. The second kappa shape index (κ2) is 25.8. The Morgan fingerprint density at radius 1 is 0.333 bits per heavy atom. The van der Waals surface area contributed by atoms with Crippen LogP contribution in [0.15, 0.2) is 182 Å². The topological polar surface area (TPSA) is 0 Å². The molecule has 66 heavy (non-hydrogen) atoms. The summed E-state index contributed by atoms with van der Waals surface area (Å²) in [4.78, 5) is 0. The highest BCUT2D eigenvalue weighted by molar-refractivity contribution is 7.98. The Balaban J connectivity index is 1.30. The molecule has 0 saturated heterocycles. The van der Waals surface area contributed by atoms with E-state index in [9.17, 15) is 0 Å². The average molecular weight is 939 g/mol. The summed E-state index contributed by atoms with van der Waals surface area (Å²) < 4.78 is 0. The summed E-state index contributed by atoms with van der Waals surface area (Å²) in [5, 5.41) is 13.7. The lowest BCUT2D eigenvalue weighted by molar-refractivity contribution is 0.627. The molecule has 0 aromatic heterocycles. The van der Waals surface area contributed by atoms with Gasteiger partial charge in [-0.1, -0.05) is 260 Å². The molecule has 8 aromatic rings. The van der Waals surface area contributed by atoms with Gasteiger partial charge in [0.1, 0.15) is 0 Å². The minimum absolute atomic E-state index is 0.910. The molecule has 0 saturated carbocycles. The average Bonchev–Trinajstić information content (AvgIpc) is 3.37. The van der Waals surface area contributed by atoms with E-state index in [-0.39, 0.29) is 0 Å². The second-order valence-corrected chi connectivity index (χ2v) is 24.3. The highest BCUT2D eigenvalue weighted by Crippen LogP contribution is 2.46. The Hall–Kier alpha value is -4.16. The molecule has 0 amide bonds. The third-order valence-electron chi connectivity index (χ3n) is 12.7. The van der Waals surface area contributed by atoms with Crippen LogP contribution in [0.1, 0.15) is 102 Å². The first-order valence-corrected chi connectivity index (χ1v) is 29.8. The van der Waals surface area contributed by atoms with Crippen molar-refractivity contribution < 1.29 is 0 Å². The maximum Gasteiger partial charge on any atom is 0.0184 e. The molecule has 0 aliphatic rings. The van der Waals surface area contributed by atoms with Crippen LogP contribution in [0.4, 0.5) is 0 Å². The van der Waals surface area contributed by atoms with E-state index >= 15 is 0 Å². The molecule has 338 valence electrons. The predicted octanol–water partition coefficient (Wildman–Crippen LogP) is 16.4. The molecule has 8 aromatic carbocycles. The molecule has 0 N–H and O–H groups in total. The molecule has 0 unspecified atom stereocenters. The number of benzene rings is 8. The summed E-state index contributed by atoms with van der Waals surface area (Å²) in [7, 11) is -1.82. The van der Waals surface area contributed by atoms with Gasteiger partial charge < -0.3 is 0 Å². The monoisotopic (exact) mass is 938 g/mol. The first-order chi connectivity index (χ1) is 32.7. The minimum atomic E-state index is -0.910. The molecule has 0 aliphatic heterocycles. The minimum Gasteiger partial charge on any atom is -0.157 e. The molecule has 0 spiro atoms. The van der Waals surface area contributed by atoms with E-state index in [1.54, 1.807) is 0 Å². The van der Waals surface area contributed by atoms with E-state index in [2.05, 4.69) is 219 Å². The van der Waals surface area contributed by atoms with Gasteiger partial charge in [0, 0.05) is 11.5 Å². The van der Waals surface area contributed by atoms with Gasteiger partial charge in [-0.15, -0.1) is 0 Å². The summed E-state index contributed by atoms with van der Waals surface area (Å²) in [6, 6.07) is 70.1. The Morgan fingerprint density at radius 2 is 0.667 bits per heavy atom. The number of thioether (sulfide) groups is 2. The van der Waals surface area contributed by atoms with Crippen LogP contribution in [0.2, 0.25) is 0 Å². The fourth-order valence-corrected chi connectivity index (χ4v) is 16.2. The molecule has 0 atom stereocenters. The zero-order valence-corrected chi connectivity index (χ0v) is 42.8. The van der Waals surface area contributed by atoms with Gasteiger partial charge in [0.25, 0.3) is 0 Å². The molecule has 0 aliphatic carbocycles. The van der Waals surface area contributed by atoms with Crippen LogP contribution in [0.5, 0.6) is 0 Å². The summed E-state index contributed by atoms with van der Waals surface area (Å²) >= 11 is 4.21. The molecule has 4 heteroatoms. The van der Waals surface area contributed by atoms with Crippen molar-refractivity contribution in [1.82, 2.24) is 0 Å². The molecule has 0 heterocycles. The fraction of sp³-hybridized carbons (Fsp3) is 0.290. The zero-order chi connectivity index (χ0) is 45.2. The van der Waals surface area contributed by atoms with Gasteiger partial charge in [-0.2, -0.15) is 23.5 Å². The largest absolute Gasteiger partial charge is 0.157 e. The smallest absolute Gasteiger partial charge is 0.0184 e. The van der Waals surface area contributed by atoms with E-state index in [1.807, 2.05) is 0 Å². The molecule has 0 radical (unpaired) electrons. The second-order valence-electron chi connectivity index (χ2n) is 17.7. The summed E-state index contributed by atoms with van der Waals surface area (Å²) in [6.07, 6.45) is 16.2. The Morgan fingerprint density at radius 3 is 1.02 bits per heavy atom. The molecule has 8 rings (SSSR count). The van der Waals surface area contributed by atoms with Crippen LogP contribution in [-0.4, -0.2) is 11.5 Å². The molecular weight excluding hydrogens is 871 g/mol. The van der Waals surface area contributed by atoms with Gasteiger partial charge in [-0.05, 0) is 116 Å². The first-order valence-electron chi connectivity index (χ1n) is 24.8. The summed E-state index contributed by atoms with van der Waals surface area (Å²) in [5.74, 6) is 4.56. The maximum absolute atomic E-state index is 2.51. The van der Waals surface area contributed by atoms with Crippen molar-refractivity contribution in [3.8, 4) is 11.1 Å². The van der Waals surface area contributed by atoms with Crippen molar-refractivity contribution in [3.05, 3.63) is 193 Å². The van der Waals surface area contributed by atoms with Crippen molar-refractivity contribution in [2.24, 2.45) is 0 Å². The van der Waals surface area contributed by atoms with Crippen LogP contribution >= 0.6 is 39.4 Å². The normalized spacial score (nSPS) is 11.6. The Bertz CT molecular complexity index is 2420. The Kier molecular flexibility index (Phi) is 18.9. The van der Waals surface area contributed by atoms with Crippen molar-refractivity contribution in [1.29, 1.82) is 0 Å². The van der Waals surface area contributed by atoms with Crippen molar-refractivity contribution in [2.75, 3.05) is 11.5 Å². The summed E-state index contributed by atoms with van der Waals surface area (Å²) in [6.45, 7) is 4.60. The SMILES string of the molecule is CCCCCCCCSCc1ccc2c(-c3c(P(c4ccccc4)c4ccccc4)ccc4cc(CSCCCCCCCC)ccc34)c(P(c3ccccc3)c3ccccc3)ccc2c1. The van der Waals surface area contributed by atoms with Gasteiger partial charge >= 0.3 is 0 Å². The number of rotatable bonds is 25. The van der Waals surface area contributed by atoms with E-state index in [1.165, 1.54) is 164 Å². The molecule has 0 fully saturated rings.